The average Bonchev–Trinajstić information content (AvgIpc) is 1.94. The molecule has 0 radical (unpaired) electrons. The highest BCUT2D eigenvalue weighted by atomic mass is 16.3. The predicted octanol–water partition coefficient (Wildman–Crippen LogP) is 2.50. The summed E-state index contributed by atoms with van der Waals surface area (Å²) in [5.74, 6) is 0.390. The van der Waals surface area contributed by atoms with Crippen molar-refractivity contribution in [3.05, 3.63) is 12.2 Å². The monoisotopic (exact) mass is 154 g/mol. The van der Waals surface area contributed by atoms with Gasteiger partial charge in [-0.3, -0.25) is 0 Å². The van der Waals surface area contributed by atoms with E-state index in [0.717, 1.165) is 12.8 Å². The van der Waals surface area contributed by atoms with Crippen LogP contribution in [0.15, 0.2) is 12.2 Å². The Morgan fingerprint density at radius 3 is 2.73 bits per heavy atom. The maximum Gasteiger partial charge on any atom is 0.0682 e. The van der Waals surface area contributed by atoms with Crippen LogP contribution < -0.4 is 0 Å². The fourth-order valence-electron chi connectivity index (χ4n) is 1.88. The van der Waals surface area contributed by atoms with Gasteiger partial charge in [-0.25, -0.2) is 0 Å². The molecule has 0 aromatic heterocycles. The zero-order valence-corrected chi connectivity index (χ0v) is 7.51. The molecule has 64 valence electrons. The number of allylic oxidation sites excluding steroid dienone is 1. The topological polar surface area (TPSA) is 20.2 Å². The lowest BCUT2D eigenvalue weighted by molar-refractivity contribution is -0.0122. The lowest BCUT2D eigenvalue weighted by atomic mass is 9.76. The van der Waals surface area contributed by atoms with E-state index in [0.29, 0.717) is 5.92 Å². The first kappa shape index (κ1) is 8.79. The van der Waals surface area contributed by atoms with Gasteiger partial charge in [-0.1, -0.05) is 25.0 Å². The zero-order valence-electron chi connectivity index (χ0n) is 7.51. The average molecular weight is 154 g/mol. The fourth-order valence-corrected chi connectivity index (χ4v) is 1.88. The molecule has 1 aliphatic carbocycles. The highest BCUT2D eigenvalue weighted by molar-refractivity contribution is 4.98. The van der Waals surface area contributed by atoms with Gasteiger partial charge in [-0.15, -0.1) is 0 Å². The maximum atomic E-state index is 9.91. The zero-order chi connectivity index (χ0) is 8.32. The quantitative estimate of drug-likeness (QED) is 0.575. The molecule has 1 fully saturated rings. The van der Waals surface area contributed by atoms with Crippen LogP contribution in [0.1, 0.15) is 39.5 Å². The van der Waals surface area contributed by atoms with Crippen molar-refractivity contribution in [2.24, 2.45) is 5.92 Å². The Morgan fingerprint density at radius 2 is 2.18 bits per heavy atom. The Morgan fingerprint density at radius 1 is 1.45 bits per heavy atom. The van der Waals surface area contributed by atoms with Gasteiger partial charge in [0.25, 0.3) is 0 Å². The molecule has 0 aromatic rings. The second kappa shape index (κ2) is 3.40. The summed E-state index contributed by atoms with van der Waals surface area (Å²) < 4.78 is 0. The van der Waals surface area contributed by atoms with E-state index in [1.165, 1.54) is 12.8 Å². The van der Waals surface area contributed by atoms with Gasteiger partial charge >= 0.3 is 0 Å². The van der Waals surface area contributed by atoms with Crippen molar-refractivity contribution in [2.45, 2.75) is 45.1 Å². The van der Waals surface area contributed by atoms with Gasteiger partial charge in [0.1, 0.15) is 0 Å². The van der Waals surface area contributed by atoms with Gasteiger partial charge in [0, 0.05) is 5.92 Å². The predicted molar refractivity (Wildman–Crippen MR) is 47.4 cm³/mol. The van der Waals surface area contributed by atoms with Crippen molar-refractivity contribution in [2.75, 3.05) is 0 Å². The second-order valence-corrected chi connectivity index (χ2v) is 3.74. The van der Waals surface area contributed by atoms with Gasteiger partial charge in [0.05, 0.1) is 5.60 Å². The SMILES string of the molecule is CC=CC1CCCCC1(C)O. The molecular weight excluding hydrogens is 136 g/mol. The molecule has 1 N–H and O–H groups in total. The molecule has 1 saturated carbocycles. The van der Waals surface area contributed by atoms with Crippen molar-refractivity contribution in [1.29, 1.82) is 0 Å². The van der Waals surface area contributed by atoms with Crippen molar-refractivity contribution in [3.63, 3.8) is 0 Å². The molecule has 0 spiro atoms. The van der Waals surface area contributed by atoms with Crippen LogP contribution in [0, 0.1) is 5.92 Å². The molecule has 0 amide bonds. The first-order valence-electron chi connectivity index (χ1n) is 4.52. The van der Waals surface area contributed by atoms with Crippen LogP contribution in [0.5, 0.6) is 0 Å². The Balaban J connectivity index is 2.59. The van der Waals surface area contributed by atoms with Crippen LogP contribution in [-0.4, -0.2) is 10.7 Å². The van der Waals surface area contributed by atoms with Crippen LogP contribution in [-0.2, 0) is 0 Å². The molecule has 1 rings (SSSR count). The van der Waals surface area contributed by atoms with Crippen molar-refractivity contribution in [1.82, 2.24) is 0 Å². The molecular formula is C10H18O. The summed E-state index contributed by atoms with van der Waals surface area (Å²) in [5, 5.41) is 9.91. The van der Waals surface area contributed by atoms with Gasteiger partial charge in [0.2, 0.25) is 0 Å². The van der Waals surface area contributed by atoms with Gasteiger partial charge in [-0.05, 0) is 26.7 Å². The van der Waals surface area contributed by atoms with E-state index < -0.39 is 5.60 Å². The van der Waals surface area contributed by atoms with Crippen molar-refractivity contribution >= 4 is 0 Å². The van der Waals surface area contributed by atoms with E-state index in [1.807, 2.05) is 19.9 Å². The van der Waals surface area contributed by atoms with Crippen LogP contribution in [0.4, 0.5) is 0 Å². The third-order valence-corrected chi connectivity index (χ3v) is 2.67. The van der Waals surface area contributed by atoms with Gasteiger partial charge < -0.3 is 5.11 Å². The Labute approximate surface area is 69.1 Å². The number of rotatable bonds is 1. The number of hydrogen-bond donors (Lipinski definition) is 1. The summed E-state index contributed by atoms with van der Waals surface area (Å²) >= 11 is 0. The van der Waals surface area contributed by atoms with Gasteiger partial charge in [-0.2, -0.15) is 0 Å². The molecule has 1 heteroatoms. The Bertz CT molecular complexity index is 147. The van der Waals surface area contributed by atoms with E-state index in [1.54, 1.807) is 0 Å². The Hall–Kier alpha value is -0.300. The molecule has 0 heterocycles. The largest absolute Gasteiger partial charge is 0.390 e. The standard InChI is InChI=1S/C10H18O/c1-3-6-9-7-4-5-8-10(9,2)11/h3,6,9,11H,4-5,7-8H2,1-2H3. The molecule has 2 atom stereocenters. The number of aliphatic hydroxyl groups is 1. The lowest BCUT2D eigenvalue weighted by Gasteiger charge is -2.35. The van der Waals surface area contributed by atoms with Crippen molar-refractivity contribution < 1.29 is 5.11 Å². The first-order valence-corrected chi connectivity index (χ1v) is 4.52. The van der Waals surface area contributed by atoms with Gasteiger partial charge in [0.15, 0.2) is 0 Å². The van der Waals surface area contributed by atoms with Crippen LogP contribution >= 0.6 is 0 Å². The van der Waals surface area contributed by atoms with E-state index >= 15 is 0 Å². The molecule has 1 nitrogen and oxygen atoms in total. The summed E-state index contributed by atoms with van der Waals surface area (Å²) in [6.45, 7) is 3.97. The minimum Gasteiger partial charge on any atom is -0.390 e. The summed E-state index contributed by atoms with van der Waals surface area (Å²) in [6.07, 6.45) is 8.75. The summed E-state index contributed by atoms with van der Waals surface area (Å²) in [6, 6.07) is 0. The van der Waals surface area contributed by atoms with Crippen molar-refractivity contribution in [3.8, 4) is 0 Å². The second-order valence-electron chi connectivity index (χ2n) is 3.74. The van der Waals surface area contributed by atoms with E-state index in [-0.39, 0.29) is 0 Å². The first-order chi connectivity index (χ1) is 5.17. The highest BCUT2D eigenvalue weighted by Crippen LogP contribution is 2.34. The molecule has 0 bridgehead atoms. The minimum absolute atomic E-state index is 0.390. The molecule has 0 saturated heterocycles. The normalized spacial score (nSPS) is 39.7. The summed E-state index contributed by atoms with van der Waals surface area (Å²) in [4.78, 5) is 0. The Kier molecular flexibility index (Phi) is 2.72. The number of hydrogen-bond acceptors (Lipinski definition) is 1. The van der Waals surface area contributed by atoms with E-state index in [2.05, 4.69) is 6.08 Å². The minimum atomic E-state index is -0.440. The highest BCUT2D eigenvalue weighted by Gasteiger charge is 2.31. The molecule has 1 aliphatic rings. The lowest BCUT2D eigenvalue weighted by Crippen LogP contribution is -2.36. The molecule has 0 aliphatic heterocycles. The molecule has 11 heavy (non-hydrogen) atoms. The third kappa shape index (κ3) is 2.06. The van der Waals surface area contributed by atoms with E-state index in [4.69, 9.17) is 0 Å². The van der Waals surface area contributed by atoms with E-state index in [9.17, 15) is 5.11 Å². The third-order valence-electron chi connectivity index (χ3n) is 2.67. The fraction of sp³-hybridized carbons (Fsp3) is 0.800. The smallest absolute Gasteiger partial charge is 0.0682 e. The molecule has 0 aromatic carbocycles. The van der Waals surface area contributed by atoms with Crippen LogP contribution in [0.3, 0.4) is 0 Å². The summed E-state index contributed by atoms with van der Waals surface area (Å²) in [5.41, 5.74) is -0.440. The maximum absolute atomic E-state index is 9.91. The van der Waals surface area contributed by atoms with Crippen LogP contribution in [0.25, 0.3) is 0 Å². The molecule has 2 unspecified atom stereocenters. The summed E-state index contributed by atoms with van der Waals surface area (Å²) in [7, 11) is 0. The van der Waals surface area contributed by atoms with Crippen LogP contribution in [0.2, 0.25) is 0 Å².